The number of benzene rings is 1. The highest BCUT2D eigenvalue weighted by atomic mass is 35.6. The highest BCUT2D eigenvalue weighted by molar-refractivity contribution is 6.68. The monoisotopic (exact) mass is 356 g/mol. The van der Waals surface area contributed by atoms with Crippen molar-refractivity contribution in [3.63, 3.8) is 0 Å². The number of hydrogen-bond acceptors (Lipinski definition) is 2. The van der Waals surface area contributed by atoms with Gasteiger partial charge in [0.25, 0.3) is 5.91 Å². The van der Waals surface area contributed by atoms with E-state index in [9.17, 15) is 4.79 Å². The molecule has 0 radical (unpaired) electrons. The summed E-state index contributed by atoms with van der Waals surface area (Å²) >= 11 is 23.7. The molecule has 0 spiro atoms. The van der Waals surface area contributed by atoms with Crippen LogP contribution in [-0.4, -0.2) is 21.4 Å². The maximum absolute atomic E-state index is 12.2. The van der Waals surface area contributed by atoms with E-state index in [2.05, 4.69) is 10.6 Å². The largest absolute Gasteiger partial charge is 0.333 e. The Morgan fingerprint density at radius 3 is 2.15 bits per heavy atom. The van der Waals surface area contributed by atoms with Gasteiger partial charge < -0.3 is 5.32 Å². The third kappa shape index (κ3) is 5.66. The molecule has 1 aromatic carbocycles. The predicted octanol–water partition coefficient (Wildman–Crippen LogP) is 4.15. The van der Waals surface area contributed by atoms with E-state index in [0.29, 0.717) is 10.6 Å². The Kier molecular flexibility index (Phi) is 6.00. The Balaban J connectivity index is 2.91. The van der Waals surface area contributed by atoms with Crippen LogP contribution >= 0.6 is 46.4 Å². The van der Waals surface area contributed by atoms with Gasteiger partial charge in [0.05, 0.1) is 10.6 Å². The summed E-state index contributed by atoms with van der Waals surface area (Å²) in [6.45, 7) is 5.70. The number of nitrogens with one attached hydrogen (secondary N) is 2. The van der Waals surface area contributed by atoms with E-state index in [1.165, 1.54) is 0 Å². The van der Waals surface area contributed by atoms with E-state index in [4.69, 9.17) is 46.4 Å². The average Bonchev–Trinajstić information content (AvgIpc) is 2.25. The lowest BCUT2D eigenvalue weighted by atomic mass is 10.1. The van der Waals surface area contributed by atoms with Crippen LogP contribution in [-0.2, 0) is 0 Å². The fraction of sp³-hybridized carbons (Fsp3) is 0.462. The minimum Gasteiger partial charge on any atom is -0.333 e. The molecule has 1 amide bonds. The minimum atomic E-state index is -1.69. The molecule has 0 saturated heterocycles. The molecule has 2 N–H and O–H groups in total. The van der Waals surface area contributed by atoms with E-state index >= 15 is 0 Å². The summed E-state index contributed by atoms with van der Waals surface area (Å²) in [7, 11) is 0. The van der Waals surface area contributed by atoms with Gasteiger partial charge in [0.15, 0.2) is 0 Å². The third-order valence-electron chi connectivity index (χ3n) is 2.30. The molecule has 1 rings (SSSR count). The molecular formula is C13H16Cl4N2O. The van der Waals surface area contributed by atoms with Gasteiger partial charge >= 0.3 is 0 Å². The Bertz CT molecular complexity index is 480. The van der Waals surface area contributed by atoms with Crippen LogP contribution in [0.15, 0.2) is 24.3 Å². The first-order chi connectivity index (χ1) is 9.00. The Labute approximate surface area is 138 Å². The predicted molar refractivity (Wildman–Crippen MR) is 85.9 cm³/mol. The van der Waals surface area contributed by atoms with E-state index in [1.807, 2.05) is 20.8 Å². The van der Waals surface area contributed by atoms with Crippen molar-refractivity contribution < 1.29 is 4.79 Å². The lowest BCUT2D eigenvalue weighted by Gasteiger charge is -2.33. The summed E-state index contributed by atoms with van der Waals surface area (Å²) in [5, 5.41) is 6.02. The van der Waals surface area contributed by atoms with E-state index in [-0.39, 0.29) is 5.54 Å². The summed E-state index contributed by atoms with van der Waals surface area (Å²) < 4.78 is -1.69. The molecule has 3 nitrogen and oxygen atoms in total. The zero-order valence-corrected chi connectivity index (χ0v) is 14.3. The van der Waals surface area contributed by atoms with Crippen molar-refractivity contribution in [2.24, 2.45) is 0 Å². The lowest BCUT2D eigenvalue weighted by molar-refractivity contribution is 0.0922. The molecule has 1 atom stereocenters. The fourth-order valence-corrected chi connectivity index (χ4v) is 2.04. The third-order valence-corrected chi connectivity index (χ3v) is 3.28. The van der Waals surface area contributed by atoms with Gasteiger partial charge in [-0.05, 0) is 32.9 Å². The number of rotatable bonds is 3. The van der Waals surface area contributed by atoms with Gasteiger partial charge in [0.1, 0.15) is 6.17 Å². The number of alkyl halides is 3. The summed E-state index contributed by atoms with van der Waals surface area (Å²) in [4.78, 5) is 12.2. The van der Waals surface area contributed by atoms with Gasteiger partial charge in [0.2, 0.25) is 3.79 Å². The van der Waals surface area contributed by atoms with Crippen molar-refractivity contribution in [3.8, 4) is 0 Å². The highest BCUT2D eigenvalue weighted by Crippen LogP contribution is 2.30. The van der Waals surface area contributed by atoms with Crippen LogP contribution in [0.1, 0.15) is 31.1 Å². The number of halogens is 4. The molecule has 112 valence electrons. The Morgan fingerprint density at radius 2 is 1.70 bits per heavy atom. The van der Waals surface area contributed by atoms with Crippen molar-refractivity contribution in [3.05, 3.63) is 34.9 Å². The van der Waals surface area contributed by atoms with E-state index in [0.717, 1.165) is 0 Å². The summed E-state index contributed by atoms with van der Waals surface area (Å²) in [6, 6.07) is 6.67. The summed E-state index contributed by atoms with van der Waals surface area (Å²) in [6.07, 6.45) is -0.851. The zero-order chi connectivity index (χ0) is 15.6. The van der Waals surface area contributed by atoms with Crippen LogP contribution in [0.2, 0.25) is 5.02 Å². The molecule has 0 aliphatic rings. The lowest BCUT2D eigenvalue weighted by Crippen LogP contribution is -2.58. The van der Waals surface area contributed by atoms with Gasteiger partial charge in [-0.15, -0.1) is 0 Å². The first-order valence-corrected chi connectivity index (χ1v) is 7.42. The van der Waals surface area contributed by atoms with Gasteiger partial charge in [-0.1, -0.05) is 58.5 Å². The van der Waals surface area contributed by atoms with Gasteiger partial charge in [-0.2, -0.15) is 0 Å². The maximum atomic E-state index is 12.2. The van der Waals surface area contributed by atoms with Crippen LogP contribution in [0.25, 0.3) is 0 Å². The second-order valence-corrected chi connectivity index (χ2v) is 8.10. The highest BCUT2D eigenvalue weighted by Gasteiger charge is 2.36. The van der Waals surface area contributed by atoms with Crippen LogP contribution in [0, 0.1) is 0 Å². The zero-order valence-electron chi connectivity index (χ0n) is 11.3. The second-order valence-electron chi connectivity index (χ2n) is 5.32. The van der Waals surface area contributed by atoms with Gasteiger partial charge in [-0.25, -0.2) is 0 Å². The van der Waals surface area contributed by atoms with Crippen molar-refractivity contribution in [1.29, 1.82) is 0 Å². The number of carbonyl (C=O) groups excluding carboxylic acids is 1. The molecule has 0 heterocycles. The first-order valence-electron chi connectivity index (χ1n) is 5.90. The quantitative estimate of drug-likeness (QED) is 0.630. The molecule has 0 fully saturated rings. The summed E-state index contributed by atoms with van der Waals surface area (Å²) in [5.74, 6) is -0.413. The van der Waals surface area contributed by atoms with Crippen LogP contribution in [0.4, 0.5) is 0 Å². The SMILES string of the molecule is CC(C)(C)NC(NC(=O)c1ccccc1Cl)C(Cl)(Cl)Cl. The molecular weight excluding hydrogens is 342 g/mol. The number of carbonyl (C=O) groups is 1. The molecule has 7 heteroatoms. The van der Waals surface area contributed by atoms with E-state index < -0.39 is 15.9 Å². The number of amides is 1. The Hall–Kier alpha value is -0.190. The van der Waals surface area contributed by atoms with Crippen LogP contribution < -0.4 is 10.6 Å². The van der Waals surface area contributed by atoms with Crippen molar-refractivity contribution in [2.45, 2.75) is 36.3 Å². The second kappa shape index (κ2) is 6.71. The molecule has 1 aromatic rings. The molecule has 0 aliphatic carbocycles. The standard InChI is InChI=1S/C13H16Cl4N2O/c1-12(2,3)19-11(13(15,16)17)18-10(20)8-6-4-5-7-9(8)14/h4-7,11,19H,1-3H3,(H,18,20). The molecule has 0 bridgehead atoms. The van der Waals surface area contributed by atoms with Crippen LogP contribution in [0.3, 0.4) is 0 Å². The molecule has 0 saturated carbocycles. The Morgan fingerprint density at radius 1 is 1.15 bits per heavy atom. The molecule has 1 unspecified atom stereocenters. The summed E-state index contributed by atoms with van der Waals surface area (Å²) in [5.41, 5.74) is -0.0216. The topological polar surface area (TPSA) is 41.1 Å². The molecule has 20 heavy (non-hydrogen) atoms. The molecule has 0 aromatic heterocycles. The normalized spacial score (nSPS) is 13.9. The average molecular weight is 358 g/mol. The smallest absolute Gasteiger partial charge is 0.254 e. The van der Waals surface area contributed by atoms with Gasteiger partial charge in [0, 0.05) is 5.54 Å². The maximum Gasteiger partial charge on any atom is 0.254 e. The minimum absolute atomic E-state index is 0.323. The van der Waals surface area contributed by atoms with Crippen LogP contribution in [0.5, 0.6) is 0 Å². The molecule has 0 aliphatic heterocycles. The van der Waals surface area contributed by atoms with Crippen molar-refractivity contribution >= 4 is 52.3 Å². The van der Waals surface area contributed by atoms with Gasteiger partial charge in [-0.3, -0.25) is 10.1 Å². The first kappa shape index (κ1) is 17.9. The fourth-order valence-electron chi connectivity index (χ4n) is 1.49. The number of hydrogen-bond donors (Lipinski definition) is 2. The van der Waals surface area contributed by atoms with Crippen molar-refractivity contribution in [1.82, 2.24) is 10.6 Å². The van der Waals surface area contributed by atoms with Crippen molar-refractivity contribution in [2.75, 3.05) is 0 Å². The van der Waals surface area contributed by atoms with E-state index in [1.54, 1.807) is 24.3 Å².